The fourth-order valence-corrected chi connectivity index (χ4v) is 16.2. The number of aliphatic hydroxyl groups excluding tert-OH is 14. The van der Waals surface area contributed by atoms with Crippen LogP contribution in [0.2, 0.25) is 0 Å². The van der Waals surface area contributed by atoms with Gasteiger partial charge < -0.3 is 119 Å². The SMILES string of the molecule is CC1CCC2(OC1)OC1CC3C4CC(O)C5CC(OC6OC(CO)C(OC7OC(CO)C(O)C(OC8OC(CO)C(O)C(O)C8O)C7OC7OC(CO)C(O)C(O)C7O)C(O)C6O)CCC5(C)C4CCC3(C)C1C2C. The van der Waals surface area contributed by atoms with E-state index in [1.165, 1.54) is 0 Å². The van der Waals surface area contributed by atoms with Crippen molar-refractivity contribution in [3.63, 3.8) is 0 Å². The van der Waals surface area contributed by atoms with E-state index in [9.17, 15) is 71.5 Å². The standard InChI is InChI=1S/C51H84O24/c1-19-5-10-51(66-18-19)20(2)32-27(75-51)13-24-22-12-26(56)25-11-21(6-8-49(25,3)23(22)7-9-50(24,32)4)67-45-41(65)38(62)42(31(17-55)71-45)72-48-44(74-47-40(64)37(61)34(58)29(15-53)69-47)43(35(59)30(16-54)70-48)73-46-39(63)36(60)33(57)28(14-52)68-46/h19-48,52-65H,5-18H2,1-4H3. The molecule has 0 aromatic heterocycles. The van der Waals surface area contributed by atoms with Crippen molar-refractivity contribution in [3.8, 4) is 0 Å². The van der Waals surface area contributed by atoms with Gasteiger partial charge in [0.05, 0.1) is 51.3 Å². The Labute approximate surface area is 435 Å². The molecule has 432 valence electrons. The quantitative estimate of drug-likeness (QED) is 0.0830. The molecule has 0 bridgehead atoms. The van der Waals surface area contributed by atoms with Crippen molar-refractivity contribution in [3.05, 3.63) is 0 Å². The normalized spacial score (nSPS) is 58.0. The van der Waals surface area contributed by atoms with Crippen LogP contribution in [0, 0.1) is 52.3 Å². The Hall–Kier alpha value is -0.960. The topological polar surface area (TPSA) is 376 Å². The van der Waals surface area contributed by atoms with E-state index in [-0.39, 0.29) is 28.8 Å². The molecule has 75 heavy (non-hydrogen) atoms. The van der Waals surface area contributed by atoms with Crippen LogP contribution in [0.1, 0.15) is 85.5 Å². The van der Waals surface area contributed by atoms with Crippen LogP contribution in [0.3, 0.4) is 0 Å². The van der Waals surface area contributed by atoms with Crippen LogP contribution in [0.4, 0.5) is 0 Å². The highest BCUT2D eigenvalue weighted by Gasteiger charge is 2.70. The summed E-state index contributed by atoms with van der Waals surface area (Å²) in [7, 11) is 0. The average molecular weight is 1080 g/mol. The van der Waals surface area contributed by atoms with Crippen LogP contribution in [0.5, 0.6) is 0 Å². The highest BCUT2D eigenvalue weighted by Crippen LogP contribution is 2.71. The lowest BCUT2D eigenvalue weighted by molar-refractivity contribution is -0.406. The first kappa shape index (κ1) is 57.3. The zero-order valence-electron chi connectivity index (χ0n) is 43.1. The van der Waals surface area contributed by atoms with Gasteiger partial charge >= 0.3 is 0 Å². The van der Waals surface area contributed by atoms with Gasteiger partial charge in [0.25, 0.3) is 0 Å². The number of hydrogen-bond acceptors (Lipinski definition) is 24. The second-order valence-corrected chi connectivity index (χ2v) is 24.5. The van der Waals surface area contributed by atoms with Gasteiger partial charge in [0, 0.05) is 12.3 Å². The Balaban J connectivity index is 0.829. The van der Waals surface area contributed by atoms with Gasteiger partial charge in [-0.25, -0.2) is 0 Å². The molecule has 14 N–H and O–H groups in total. The molecule has 10 aliphatic rings. The molecule has 0 radical (unpaired) electrons. The Morgan fingerprint density at radius 2 is 1.00 bits per heavy atom. The fourth-order valence-electron chi connectivity index (χ4n) is 16.2. The Kier molecular flexibility index (Phi) is 16.9. The number of ether oxygens (including phenoxy) is 10. The summed E-state index contributed by atoms with van der Waals surface area (Å²) in [6.07, 6.45) is -29.9. The van der Waals surface area contributed by atoms with Gasteiger partial charge in [0.2, 0.25) is 0 Å². The minimum atomic E-state index is -2.05. The van der Waals surface area contributed by atoms with E-state index in [0.717, 1.165) is 45.1 Å². The molecule has 33 unspecified atom stereocenters. The summed E-state index contributed by atoms with van der Waals surface area (Å²) in [4.78, 5) is 0. The van der Waals surface area contributed by atoms with Crippen LogP contribution in [-0.2, 0) is 47.4 Å². The van der Waals surface area contributed by atoms with E-state index < -0.39 is 167 Å². The highest BCUT2D eigenvalue weighted by molar-refractivity contribution is 5.16. The molecule has 10 fully saturated rings. The third kappa shape index (κ3) is 9.79. The molecule has 0 aromatic rings. The molecular weight excluding hydrogens is 997 g/mol. The van der Waals surface area contributed by atoms with Crippen LogP contribution in [0.15, 0.2) is 0 Å². The zero-order valence-corrected chi connectivity index (χ0v) is 43.1. The maximum absolute atomic E-state index is 12.1. The summed E-state index contributed by atoms with van der Waals surface area (Å²) in [5, 5.41) is 152. The molecule has 4 saturated carbocycles. The maximum Gasteiger partial charge on any atom is 0.187 e. The van der Waals surface area contributed by atoms with Crippen molar-refractivity contribution in [2.45, 2.75) is 232 Å². The van der Waals surface area contributed by atoms with Crippen molar-refractivity contribution in [1.29, 1.82) is 0 Å². The van der Waals surface area contributed by atoms with Crippen molar-refractivity contribution >= 4 is 0 Å². The van der Waals surface area contributed by atoms with Crippen molar-refractivity contribution in [2.24, 2.45) is 52.3 Å². The van der Waals surface area contributed by atoms with Crippen molar-refractivity contribution < 1.29 is 119 Å². The third-order valence-corrected chi connectivity index (χ3v) is 20.4. The summed E-state index contributed by atoms with van der Waals surface area (Å²) in [6.45, 7) is 6.54. The predicted octanol–water partition coefficient (Wildman–Crippen LogP) is -3.94. The van der Waals surface area contributed by atoms with Crippen LogP contribution in [0.25, 0.3) is 0 Å². The lowest BCUT2D eigenvalue weighted by Gasteiger charge is -2.62. The molecule has 10 rings (SSSR count). The molecule has 6 heterocycles. The van der Waals surface area contributed by atoms with E-state index in [0.29, 0.717) is 48.9 Å². The average Bonchev–Trinajstić information content (AvgIpc) is 3.85. The smallest absolute Gasteiger partial charge is 0.187 e. The van der Waals surface area contributed by atoms with E-state index in [2.05, 4.69) is 27.7 Å². The number of aliphatic hydroxyl groups is 14. The molecule has 1 spiro atoms. The zero-order chi connectivity index (χ0) is 53.8. The predicted molar refractivity (Wildman–Crippen MR) is 250 cm³/mol. The number of hydrogen-bond donors (Lipinski definition) is 14. The van der Waals surface area contributed by atoms with Gasteiger partial charge in [-0.3, -0.25) is 0 Å². The van der Waals surface area contributed by atoms with Gasteiger partial charge in [-0.15, -0.1) is 0 Å². The fraction of sp³-hybridized carbons (Fsp3) is 1.00. The van der Waals surface area contributed by atoms with E-state index in [4.69, 9.17) is 47.4 Å². The van der Waals surface area contributed by atoms with Gasteiger partial charge in [-0.2, -0.15) is 0 Å². The molecule has 24 heteroatoms. The largest absolute Gasteiger partial charge is 0.394 e. The molecule has 24 nitrogen and oxygen atoms in total. The molecule has 0 aromatic carbocycles. The first-order valence-corrected chi connectivity index (χ1v) is 27.4. The first-order chi connectivity index (χ1) is 35.6. The Morgan fingerprint density at radius 1 is 0.467 bits per heavy atom. The van der Waals surface area contributed by atoms with Gasteiger partial charge in [-0.05, 0) is 97.7 Å². The second kappa shape index (κ2) is 22.1. The number of fused-ring (bicyclic) bond motifs is 7. The summed E-state index contributed by atoms with van der Waals surface area (Å²) in [6, 6.07) is 0. The summed E-state index contributed by atoms with van der Waals surface area (Å²) >= 11 is 0. The van der Waals surface area contributed by atoms with E-state index in [1.54, 1.807) is 0 Å². The van der Waals surface area contributed by atoms with Crippen LogP contribution in [-0.4, -0.2) is 251 Å². The van der Waals surface area contributed by atoms with Gasteiger partial charge in [0.15, 0.2) is 30.9 Å². The van der Waals surface area contributed by atoms with Crippen LogP contribution >= 0.6 is 0 Å². The Bertz CT molecular complexity index is 1910. The molecule has 0 amide bonds. The third-order valence-electron chi connectivity index (χ3n) is 20.4. The summed E-state index contributed by atoms with van der Waals surface area (Å²) in [5.74, 6) is 1.64. The maximum atomic E-state index is 12.1. The minimum absolute atomic E-state index is 0.0667. The van der Waals surface area contributed by atoms with Crippen LogP contribution < -0.4 is 0 Å². The van der Waals surface area contributed by atoms with Crippen molar-refractivity contribution in [2.75, 3.05) is 33.0 Å². The Morgan fingerprint density at radius 3 is 1.60 bits per heavy atom. The molecule has 4 aliphatic carbocycles. The molecule has 33 atom stereocenters. The molecule has 6 aliphatic heterocycles. The number of rotatable bonds is 12. The van der Waals surface area contributed by atoms with E-state index in [1.807, 2.05) is 0 Å². The lowest BCUT2D eigenvalue weighted by atomic mass is 9.43. The van der Waals surface area contributed by atoms with Crippen molar-refractivity contribution in [1.82, 2.24) is 0 Å². The van der Waals surface area contributed by atoms with Gasteiger partial charge in [-0.1, -0.05) is 27.7 Å². The summed E-state index contributed by atoms with van der Waals surface area (Å²) < 4.78 is 61.3. The molecular formula is C51H84O24. The monoisotopic (exact) mass is 1080 g/mol. The minimum Gasteiger partial charge on any atom is -0.394 e. The first-order valence-electron chi connectivity index (χ1n) is 27.4. The lowest BCUT2D eigenvalue weighted by Crippen LogP contribution is -2.68. The highest BCUT2D eigenvalue weighted by atomic mass is 16.8. The van der Waals surface area contributed by atoms with Gasteiger partial charge in [0.1, 0.15) is 97.7 Å². The summed E-state index contributed by atoms with van der Waals surface area (Å²) in [5.41, 5.74) is -0.133. The second-order valence-electron chi connectivity index (χ2n) is 24.5. The van der Waals surface area contributed by atoms with E-state index >= 15 is 0 Å². The molecule has 6 saturated heterocycles.